The summed E-state index contributed by atoms with van der Waals surface area (Å²) in [5.74, 6) is 8.20. The number of anilines is 2. The highest BCUT2D eigenvalue weighted by Gasteiger charge is 2.61. The molecule has 0 spiro atoms. The second-order valence-electron chi connectivity index (χ2n) is 18.8. The van der Waals surface area contributed by atoms with E-state index >= 15 is 0 Å². The van der Waals surface area contributed by atoms with E-state index in [-0.39, 0.29) is 10.8 Å². The summed E-state index contributed by atoms with van der Waals surface area (Å²) in [6.07, 6.45) is 20.7. The summed E-state index contributed by atoms with van der Waals surface area (Å²) < 4.78 is 12.5. The maximum absolute atomic E-state index is 6.26. The van der Waals surface area contributed by atoms with Gasteiger partial charge in [-0.3, -0.25) is 0 Å². The molecule has 0 aliphatic heterocycles. The van der Waals surface area contributed by atoms with Gasteiger partial charge in [0, 0.05) is 16.8 Å². The summed E-state index contributed by atoms with van der Waals surface area (Å²) in [6.45, 7) is 14.7. The molecule has 56 heavy (non-hydrogen) atoms. The first-order valence-corrected chi connectivity index (χ1v) is 21.6. The number of allylic oxidation sites excluding steroid dienone is 3. The Labute approximate surface area is 336 Å². The second-order valence-corrected chi connectivity index (χ2v) is 18.8. The molecule has 4 aromatic carbocycles. The van der Waals surface area contributed by atoms with Gasteiger partial charge in [0.1, 0.15) is 23.0 Å². The normalized spacial score (nSPS) is 29.5. The van der Waals surface area contributed by atoms with E-state index in [0.717, 1.165) is 77.3 Å². The third kappa shape index (κ3) is 7.07. The lowest BCUT2D eigenvalue weighted by atomic mass is 9.43. The smallest absolute Gasteiger partial charge is 0.127 e. The van der Waals surface area contributed by atoms with Crippen molar-refractivity contribution in [2.24, 2.45) is 52.3 Å². The highest BCUT2D eigenvalue weighted by molar-refractivity contribution is 5.48. The molecule has 8 atom stereocenters. The van der Waals surface area contributed by atoms with Gasteiger partial charge in [0.15, 0.2) is 0 Å². The molecule has 8 unspecified atom stereocenters. The standard InChI is InChI=1S/C52H64N2O2/c1-6-51-32-33-52(37-10-19-42(20-11-37)55-44-23-15-40(53)16-24-44,38-12-21-43(22-13-38)56-45-25-17-41(54)18-26-45)34-39(51)14-27-46-48-29-28-47(36(4)9-7-8-35(2)3)50(48,5)31-30-49(46)51/h6,10-27,35-36,39,46-49H,1,7-9,28-34,53-54H2,2-5H3. The maximum atomic E-state index is 6.26. The van der Waals surface area contributed by atoms with Crippen LogP contribution in [0.4, 0.5) is 11.4 Å². The number of benzene rings is 4. The zero-order valence-corrected chi connectivity index (χ0v) is 34.3. The van der Waals surface area contributed by atoms with Crippen LogP contribution in [-0.2, 0) is 5.41 Å². The van der Waals surface area contributed by atoms with E-state index < -0.39 is 0 Å². The summed E-state index contributed by atoms with van der Waals surface area (Å²) in [5.41, 5.74) is 16.4. The second kappa shape index (κ2) is 15.5. The third-order valence-corrected chi connectivity index (χ3v) is 15.5. The molecule has 4 aliphatic carbocycles. The Morgan fingerprint density at radius 3 is 1.71 bits per heavy atom. The van der Waals surface area contributed by atoms with E-state index in [1.165, 1.54) is 56.1 Å². The Bertz CT molecular complexity index is 1890. The molecule has 4 N–H and O–H groups in total. The summed E-state index contributed by atoms with van der Waals surface area (Å²) in [5, 5.41) is 0. The number of ether oxygens (including phenoxy) is 2. The predicted molar refractivity (Wildman–Crippen MR) is 233 cm³/mol. The van der Waals surface area contributed by atoms with Crippen molar-refractivity contribution in [3.63, 3.8) is 0 Å². The molecule has 0 aromatic heterocycles. The number of nitrogens with two attached hydrogens (primary N) is 2. The lowest BCUT2D eigenvalue weighted by molar-refractivity contribution is -0.0580. The number of hydrogen-bond donors (Lipinski definition) is 2. The fourth-order valence-corrected chi connectivity index (χ4v) is 12.5. The molecule has 3 fully saturated rings. The first-order valence-electron chi connectivity index (χ1n) is 21.6. The van der Waals surface area contributed by atoms with Crippen LogP contribution in [-0.4, -0.2) is 0 Å². The van der Waals surface area contributed by atoms with Crippen molar-refractivity contribution < 1.29 is 9.47 Å². The zero-order chi connectivity index (χ0) is 39.1. The molecule has 4 aliphatic rings. The summed E-state index contributed by atoms with van der Waals surface area (Å²) in [4.78, 5) is 0. The summed E-state index contributed by atoms with van der Waals surface area (Å²) in [6, 6.07) is 32.9. The Morgan fingerprint density at radius 1 is 0.661 bits per heavy atom. The molecule has 8 rings (SSSR count). The maximum Gasteiger partial charge on any atom is 0.127 e. The van der Waals surface area contributed by atoms with Crippen molar-refractivity contribution >= 4 is 11.4 Å². The molecular weight excluding hydrogens is 685 g/mol. The van der Waals surface area contributed by atoms with Crippen LogP contribution in [0.5, 0.6) is 23.0 Å². The van der Waals surface area contributed by atoms with E-state index in [1.807, 2.05) is 48.5 Å². The van der Waals surface area contributed by atoms with Crippen LogP contribution in [0.1, 0.15) is 103 Å². The molecule has 4 nitrogen and oxygen atoms in total. The van der Waals surface area contributed by atoms with E-state index in [1.54, 1.807) is 0 Å². The highest BCUT2D eigenvalue weighted by atomic mass is 16.5. The van der Waals surface area contributed by atoms with Gasteiger partial charge in [-0.25, -0.2) is 0 Å². The van der Waals surface area contributed by atoms with Crippen LogP contribution in [0.25, 0.3) is 0 Å². The molecule has 0 heterocycles. The van der Waals surface area contributed by atoms with Gasteiger partial charge in [0.05, 0.1) is 0 Å². The molecule has 0 bridgehead atoms. The lowest BCUT2D eigenvalue weighted by Gasteiger charge is -2.61. The molecule has 0 radical (unpaired) electrons. The topological polar surface area (TPSA) is 70.5 Å². The van der Waals surface area contributed by atoms with E-state index in [4.69, 9.17) is 20.9 Å². The lowest BCUT2D eigenvalue weighted by Crippen LogP contribution is -2.54. The predicted octanol–water partition coefficient (Wildman–Crippen LogP) is 13.8. The van der Waals surface area contributed by atoms with E-state index in [0.29, 0.717) is 23.2 Å². The third-order valence-electron chi connectivity index (χ3n) is 15.5. The van der Waals surface area contributed by atoms with Gasteiger partial charge in [0.2, 0.25) is 0 Å². The molecule has 0 saturated heterocycles. The van der Waals surface area contributed by atoms with Crippen molar-refractivity contribution in [1.29, 1.82) is 0 Å². The van der Waals surface area contributed by atoms with Gasteiger partial charge >= 0.3 is 0 Å². The fraction of sp³-hybridized carbons (Fsp3) is 0.462. The van der Waals surface area contributed by atoms with Crippen LogP contribution in [0.2, 0.25) is 0 Å². The minimum atomic E-state index is -0.166. The van der Waals surface area contributed by atoms with Crippen molar-refractivity contribution in [2.75, 3.05) is 11.5 Å². The zero-order valence-electron chi connectivity index (χ0n) is 34.3. The van der Waals surface area contributed by atoms with Gasteiger partial charge in [-0.15, -0.1) is 6.58 Å². The number of hydrogen-bond acceptors (Lipinski definition) is 4. The van der Waals surface area contributed by atoms with Gasteiger partial charge in [-0.05, 0) is 181 Å². The van der Waals surface area contributed by atoms with Gasteiger partial charge < -0.3 is 20.9 Å². The summed E-state index contributed by atoms with van der Waals surface area (Å²) in [7, 11) is 0. The van der Waals surface area contributed by atoms with Crippen LogP contribution in [0.15, 0.2) is 122 Å². The van der Waals surface area contributed by atoms with Crippen LogP contribution in [0, 0.1) is 52.3 Å². The first kappa shape index (κ1) is 38.4. The van der Waals surface area contributed by atoms with Crippen molar-refractivity contribution in [2.45, 2.75) is 97.3 Å². The van der Waals surface area contributed by atoms with Crippen molar-refractivity contribution in [1.82, 2.24) is 0 Å². The van der Waals surface area contributed by atoms with Gasteiger partial charge in [-0.1, -0.05) is 89.5 Å². The van der Waals surface area contributed by atoms with Gasteiger partial charge in [-0.2, -0.15) is 0 Å². The van der Waals surface area contributed by atoms with E-state index in [2.05, 4.69) is 101 Å². The van der Waals surface area contributed by atoms with E-state index in [9.17, 15) is 0 Å². The molecule has 0 amide bonds. The molecule has 294 valence electrons. The van der Waals surface area contributed by atoms with Gasteiger partial charge in [0.25, 0.3) is 0 Å². The number of rotatable bonds is 12. The van der Waals surface area contributed by atoms with Crippen LogP contribution >= 0.6 is 0 Å². The minimum Gasteiger partial charge on any atom is -0.457 e. The SMILES string of the molecule is C=CC12CCC(c3ccc(Oc4ccc(N)cc4)cc3)(c3ccc(Oc4ccc(N)cc4)cc3)CC1C=CC1C3CCC(C(C)CCCC(C)C)C3(C)CCC12. The first-order chi connectivity index (χ1) is 27.0. The molecule has 4 heteroatoms. The summed E-state index contributed by atoms with van der Waals surface area (Å²) >= 11 is 0. The number of nitrogen functional groups attached to an aromatic ring is 2. The molecular formula is C52H64N2O2. The van der Waals surface area contributed by atoms with Crippen LogP contribution in [0.3, 0.4) is 0 Å². The monoisotopic (exact) mass is 748 g/mol. The van der Waals surface area contributed by atoms with Crippen LogP contribution < -0.4 is 20.9 Å². The van der Waals surface area contributed by atoms with Crippen molar-refractivity contribution in [3.8, 4) is 23.0 Å². The quantitative estimate of drug-likeness (QED) is 0.112. The Kier molecular flexibility index (Phi) is 10.6. The average Bonchev–Trinajstić information content (AvgIpc) is 3.57. The fourth-order valence-electron chi connectivity index (χ4n) is 12.5. The Hall–Kier alpha value is -4.44. The number of fused-ring (bicyclic) bond motifs is 5. The highest BCUT2D eigenvalue weighted by Crippen LogP contribution is 2.69. The molecule has 4 aromatic rings. The van der Waals surface area contributed by atoms with Crippen molar-refractivity contribution in [3.05, 3.63) is 133 Å². The Balaban J connectivity index is 1.09. The largest absolute Gasteiger partial charge is 0.457 e. The average molecular weight is 749 g/mol. The minimum absolute atomic E-state index is 0.113. The molecule has 3 saturated carbocycles. The Morgan fingerprint density at radius 2 is 1.20 bits per heavy atom.